The average molecular weight is 307 g/mol. The highest BCUT2D eigenvalue weighted by atomic mass is 16.1. The van der Waals surface area contributed by atoms with Crippen molar-refractivity contribution in [3.8, 4) is 0 Å². The van der Waals surface area contributed by atoms with Gasteiger partial charge in [-0.2, -0.15) is 0 Å². The number of nitrogens with one attached hydrogen (secondary N) is 2. The first-order chi connectivity index (χ1) is 10.5. The largest absolute Gasteiger partial charge is 0.385 e. The predicted octanol–water partition coefficient (Wildman–Crippen LogP) is 1.13. The highest BCUT2D eigenvalue weighted by molar-refractivity contribution is 5.93. The summed E-state index contributed by atoms with van der Waals surface area (Å²) in [6.07, 6.45) is 3.66. The second-order valence-corrected chi connectivity index (χ2v) is 5.93. The van der Waals surface area contributed by atoms with E-state index in [-0.39, 0.29) is 5.91 Å². The number of rotatable bonds is 10. The first-order valence-electron chi connectivity index (χ1n) is 7.76. The molecule has 0 aromatic carbocycles. The summed E-state index contributed by atoms with van der Waals surface area (Å²) >= 11 is 0. The Hall–Kier alpha value is -1.66. The fourth-order valence-corrected chi connectivity index (χ4v) is 1.98. The Labute approximate surface area is 133 Å². The van der Waals surface area contributed by atoms with Crippen LogP contribution in [0.3, 0.4) is 0 Å². The van der Waals surface area contributed by atoms with Crippen LogP contribution in [0.2, 0.25) is 0 Å². The molecule has 6 nitrogen and oxygen atoms in total. The van der Waals surface area contributed by atoms with Gasteiger partial charge in [0.05, 0.1) is 0 Å². The molecule has 0 atom stereocenters. The lowest BCUT2D eigenvalue weighted by Crippen LogP contribution is -2.27. The Bertz CT molecular complexity index is 448. The van der Waals surface area contributed by atoms with Crippen LogP contribution in [0, 0.1) is 0 Å². The molecule has 0 aliphatic rings. The van der Waals surface area contributed by atoms with E-state index in [0.29, 0.717) is 12.2 Å². The summed E-state index contributed by atoms with van der Waals surface area (Å²) in [6.45, 7) is 3.55. The van der Waals surface area contributed by atoms with Crippen molar-refractivity contribution in [3.05, 3.63) is 24.0 Å². The number of pyridine rings is 1. The van der Waals surface area contributed by atoms with E-state index in [0.717, 1.165) is 38.2 Å². The molecule has 1 aromatic heterocycles. The van der Waals surface area contributed by atoms with Crippen molar-refractivity contribution in [1.29, 1.82) is 0 Å². The maximum absolute atomic E-state index is 12.0. The highest BCUT2D eigenvalue weighted by Crippen LogP contribution is 2.08. The number of nitrogens with zero attached hydrogens (tertiary/aromatic N) is 3. The number of carbonyl (C=O) groups excluding carboxylic acids is 1. The predicted molar refractivity (Wildman–Crippen MR) is 91.4 cm³/mol. The van der Waals surface area contributed by atoms with Crippen LogP contribution >= 0.6 is 0 Å². The Kier molecular flexibility index (Phi) is 8.47. The molecule has 1 amide bonds. The Morgan fingerprint density at radius 2 is 1.73 bits per heavy atom. The molecule has 0 bridgehead atoms. The van der Waals surface area contributed by atoms with E-state index in [1.807, 2.05) is 20.2 Å². The van der Waals surface area contributed by atoms with Crippen LogP contribution in [-0.4, -0.2) is 75.1 Å². The molecule has 0 aliphatic carbocycles. The van der Waals surface area contributed by atoms with Crippen molar-refractivity contribution in [2.75, 3.05) is 59.7 Å². The molecule has 0 saturated carbocycles. The summed E-state index contributed by atoms with van der Waals surface area (Å²) in [6, 6.07) is 3.69. The SMILES string of the molecule is CN(C)CCCNC(=O)c1cc(NCCCN(C)C)ccn1. The molecule has 0 fully saturated rings. The Balaban J connectivity index is 2.37. The highest BCUT2D eigenvalue weighted by Gasteiger charge is 2.07. The number of anilines is 1. The summed E-state index contributed by atoms with van der Waals surface area (Å²) in [5.41, 5.74) is 1.40. The zero-order valence-electron chi connectivity index (χ0n) is 14.2. The van der Waals surface area contributed by atoms with Gasteiger partial charge in [-0.1, -0.05) is 0 Å². The van der Waals surface area contributed by atoms with E-state index in [4.69, 9.17) is 0 Å². The minimum absolute atomic E-state index is 0.115. The van der Waals surface area contributed by atoms with Crippen molar-refractivity contribution in [2.24, 2.45) is 0 Å². The fraction of sp³-hybridized carbons (Fsp3) is 0.625. The second-order valence-electron chi connectivity index (χ2n) is 5.93. The van der Waals surface area contributed by atoms with Gasteiger partial charge >= 0.3 is 0 Å². The molecule has 0 spiro atoms. The van der Waals surface area contributed by atoms with Gasteiger partial charge in [0.15, 0.2) is 0 Å². The van der Waals surface area contributed by atoms with Crippen molar-refractivity contribution >= 4 is 11.6 Å². The number of hydrogen-bond acceptors (Lipinski definition) is 5. The van der Waals surface area contributed by atoms with Gasteiger partial charge in [-0.05, 0) is 66.3 Å². The van der Waals surface area contributed by atoms with Crippen LogP contribution in [0.25, 0.3) is 0 Å². The maximum Gasteiger partial charge on any atom is 0.269 e. The van der Waals surface area contributed by atoms with E-state index < -0.39 is 0 Å². The lowest BCUT2D eigenvalue weighted by molar-refractivity contribution is 0.0947. The second kappa shape index (κ2) is 10.1. The lowest BCUT2D eigenvalue weighted by atomic mass is 10.3. The molecule has 22 heavy (non-hydrogen) atoms. The quantitative estimate of drug-likeness (QED) is 0.635. The number of aromatic nitrogens is 1. The van der Waals surface area contributed by atoms with E-state index >= 15 is 0 Å². The Morgan fingerprint density at radius 1 is 1.09 bits per heavy atom. The van der Waals surface area contributed by atoms with Crippen LogP contribution in [0.15, 0.2) is 18.3 Å². The normalized spacial score (nSPS) is 11.0. The molecule has 2 N–H and O–H groups in total. The summed E-state index contributed by atoms with van der Waals surface area (Å²) < 4.78 is 0. The molecule has 0 saturated heterocycles. The summed E-state index contributed by atoms with van der Waals surface area (Å²) in [7, 11) is 8.17. The minimum Gasteiger partial charge on any atom is -0.385 e. The molecule has 0 radical (unpaired) electrons. The lowest BCUT2D eigenvalue weighted by Gasteiger charge is -2.12. The van der Waals surface area contributed by atoms with E-state index in [2.05, 4.69) is 39.5 Å². The summed E-state index contributed by atoms with van der Waals surface area (Å²) in [5, 5.41) is 6.23. The van der Waals surface area contributed by atoms with Gasteiger partial charge in [0, 0.05) is 25.0 Å². The van der Waals surface area contributed by atoms with Crippen LogP contribution in [0.1, 0.15) is 23.3 Å². The zero-order chi connectivity index (χ0) is 16.4. The van der Waals surface area contributed by atoms with Crippen molar-refractivity contribution < 1.29 is 4.79 Å². The van der Waals surface area contributed by atoms with Crippen LogP contribution in [0.4, 0.5) is 5.69 Å². The molecule has 0 unspecified atom stereocenters. The molecule has 124 valence electrons. The molecule has 1 heterocycles. The van der Waals surface area contributed by atoms with Gasteiger partial charge in [0.25, 0.3) is 5.91 Å². The third kappa shape index (κ3) is 7.95. The maximum atomic E-state index is 12.0. The van der Waals surface area contributed by atoms with Crippen LogP contribution in [-0.2, 0) is 0 Å². The van der Waals surface area contributed by atoms with Gasteiger partial charge in [0.2, 0.25) is 0 Å². The van der Waals surface area contributed by atoms with Crippen molar-refractivity contribution in [3.63, 3.8) is 0 Å². The first-order valence-corrected chi connectivity index (χ1v) is 7.76. The third-order valence-corrected chi connectivity index (χ3v) is 3.17. The van der Waals surface area contributed by atoms with Gasteiger partial charge in [-0.15, -0.1) is 0 Å². The van der Waals surface area contributed by atoms with Gasteiger partial charge in [0.1, 0.15) is 5.69 Å². The summed E-state index contributed by atoms with van der Waals surface area (Å²) in [4.78, 5) is 20.4. The monoisotopic (exact) mass is 307 g/mol. The van der Waals surface area contributed by atoms with Gasteiger partial charge in [-0.25, -0.2) is 0 Å². The zero-order valence-corrected chi connectivity index (χ0v) is 14.2. The standard InChI is InChI=1S/C16H29N5O/c1-20(2)11-5-8-17-14-7-10-18-15(13-14)16(22)19-9-6-12-21(3)4/h7,10,13H,5-6,8-9,11-12H2,1-4H3,(H,17,18)(H,19,22). The van der Waals surface area contributed by atoms with Crippen LogP contribution in [0.5, 0.6) is 0 Å². The van der Waals surface area contributed by atoms with Gasteiger partial charge < -0.3 is 20.4 Å². The molecular formula is C16H29N5O. The topological polar surface area (TPSA) is 60.5 Å². The van der Waals surface area contributed by atoms with E-state index in [9.17, 15) is 4.79 Å². The molecule has 0 aliphatic heterocycles. The number of amides is 1. The number of carbonyl (C=O) groups is 1. The molecule has 1 rings (SSSR count). The smallest absolute Gasteiger partial charge is 0.269 e. The average Bonchev–Trinajstić information content (AvgIpc) is 2.48. The summed E-state index contributed by atoms with van der Waals surface area (Å²) in [5.74, 6) is -0.115. The number of hydrogen-bond donors (Lipinski definition) is 2. The van der Waals surface area contributed by atoms with E-state index in [1.54, 1.807) is 12.3 Å². The van der Waals surface area contributed by atoms with E-state index in [1.165, 1.54) is 0 Å². The molecular weight excluding hydrogens is 278 g/mol. The van der Waals surface area contributed by atoms with Crippen LogP contribution < -0.4 is 10.6 Å². The van der Waals surface area contributed by atoms with Crippen molar-refractivity contribution in [2.45, 2.75) is 12.8 Å². The Morgan fingerprint density at radius 3 is 2.36 bits per heavy atom. The molecule has 6 heteroatoms. The minimum atomic E-state index is -0.115. The van der Waals surface area contributed by atoms with Gasteiger partial charge in [-0.3, -0.25) is 9.78 Å². The van der Waals surface area contributed by atoms with Crippen molar-refractivity contribution in [1.82, 2.24) is 20.1 Å². The third-order valence-electron chi connectivity index (χ3n) is 3.17. The molecule has 1 aromatic rings. The first kappa shape index (κ1) is 18.4. The fourth-order valence-electron chi connectivity index (χ4n) is 1.98.